The van der Waals surface area contributed by atoms with Crippen molar-refractivity contribution in [2.75, 3.05) is 45.1 Å². The molecule has 30 heavy (non-hydrogen) atoms. The lowest BCUT2D eigenvalue weighted by molar-refractivity contribution is 0.0949. The SMILES string of the molecule is CCN(CC)CCNC(=O)c1ccc(NS(=O)(=O)c2cc(OC)ccc2OC)cc1. The summed E-state index contributed by atoms with van der Waals surface area (Å²) >= 11 is 0. The molecule has 0 unspecified atom stereocenters. The number of hydrogen-bond acceptors (Lipinski definition) is 6. The minimum Gasteiger partial charge on any atom is -0.497 e. The van der Waals surface area contributed by atoms with Gasteiger partial charge in [0.15, 0.2) is 0 Å². The number of rotatable bonds is 11. The summed E-state index contributed by atoms with van der Waals surface area (Å²) in [6.07, 6.45) is 0. The fourth-order valence-electron chi connectivity index (χ4n) is 2.86. The maximum absolute atomic E-state index is 12.8. The molecule has 0 fully saturated rings. The molecule has 0 bridgehead atoms. The Kier molecular flexibility index (Phi) is 8.49. The van der Waals surface area contributed by atoms with E-state index in [4.69, 9.17) is 9.47 Å². The summed E-state index contributed by atoms with van der Waals surface area (Å²) in [6, 6.07) is 10.8. The standard InChI is InChI=1S/C21H29N3O5S/c1-5-24(6-2)14-13-22-21(25)16-7-9-17(10-8-16)23-30(26,27)20-15-18(28-3)11-12-19(20)29-4/h7-12,15,23H,5-6,13-14H2,1-4H3,(H,22,25). The highest BCUT2D eigenvalue weighted by Crippen LogP contribution is 2.29. The van der Waals surface area contributed by atoms with E-state index in [2.05, 4.69) is 28.8 Å². The number of likely N-dealkylation sites (N-methyl/N-ethyl adjacent to an activating group) is 1. The van der Waals surface area contributed by atoms with E-state index in [1.807, 2.05) is 0 Å². The molecule has 0 saturated carbocycles. The first-order valence-electron chi connectivity index (χ1n) is 9.70. The molecular formula is C21H29N3O5S. The van der Waals surface area contributed by atoms with Crippen molar-refractivity contribution in [1.29, 1.82) is 0 Å². The minimum atomic E-state index is -3.91. The molecule has 0 aliphatic heterocycles. The molecule has 0 aromatic heterocycles. The maximum atomic E-state index is 12.8. The van der Waals surface area contributed by atoms with Gasteiger partial charge in [-0.05, 0) is 49.5 Å². The van der Waals surface area contributed by atoms with Crippen LogP contribution in [0.3, 0.4) is 0 Å². The first-order valence-corrected chi connectivity index (χ1v) is 11.2. The molecule has 0 atom stereocenters. The molecule has 0 radical (unpaired) electrons. The number of amides is 1. The van der Waals surface area contributed by atoms with Gasteiger partial charge in [0, 0.05) is 30.4 Å². The molecule has 1 amide bonds. The van der Waals surface area contributed by atoms with Crippen molar-refractivity contribution in [3.8, 4) is 11.5 Å². The van der Waals surface area contributed by atoms with Crippen LogP contribution in [-0.2, 0) is 10.0 Å². The summed E-state index contributed by atoms with van der Waals surface area (Å²) in [4.78, 5) is 14.5. The monoisotopic (exact) mass is 435 g/mol. The predicted octanol–water partition coefficient (Wildman–Crippen LogP) is 2.58. The Bertz CT molecular complexity index is 942. The van der Waals surface area contributed by atoms with Gasteiger partial charge < -0.3 is 19.7 Å². The molecule has 2 aromatic rings. The third-order valence-corrected chi connectivity index (χ3v) is 6.07. The van der Waals surface area contributed by atoms with Crippen molar-refractivity contribution in [3.63, 3.8) is 0 Å². The molecule has 0 spiro atoms. The second-order valence-corrected chi connectivity index (χ2v) is 8.13. The second-order valence-electron chi connectivity index (χ2n) is 6.48. The number of benzene rings is 2. The summed E-state index contributed by atoms with van der Waals surface area (Å²) in [6.45, 7) is 7.33. The van der Waals surface area contributed by atoms with Gasteiger partial charge in [-0.3, -0.25) is 9.52 Å². The van der Waals surface area contributed by atoms with E-state index in [9.17, 15) is 13.2 Å². The normalized spacial score (nSPS) is 11.2. The van der Waals surface area contributed by atoms with Crippen molar-refractivity contribution < 1.29 is 22.7 Å². The molecule has 0 aliphatic carbocycles. The summed E-state index contributed by atoms with van der Waals surface area (Å²) in [7, 11) is -1.06. The largest absolute Gasteiger partial charge is 0.497 e. The molecule has 2 N–H and O–H groups in total. The molecule has 164 valence electrons. The Morgan fingerprint density at radius 3 is 2.23 bits per heavy atom. The van der Waals surface area contributed by atoms with Crippen LogP contribution in [0.15, 0.2) is 47.4 Å². The highest BCUT2D eigenvalue weighted by atomic mass is 32.2. The van der Waals surface area contributed by atoms with Crippen molar-refractivity contribution in [1.82, 2.24) is 10.2 Å². The highest BCUT2D eigenvalue weighted by molar-refractivity contribution is 7.92. The van der Waals surface area contributed by atoms with Gasteiger partial charge >= 0.3 is 0 Å². The molecule has 9 heteroatoms. The van der Waals surface area contributed by atoms with Gasteiger partial charge in [0.25, 0.3) is 15.9 Å². The first kappa shape index (κ1) is 23.5. The lowest BCUT2D eigenvalue weighted by Gasteiger charge is -2.18. The topological polar surface area (TPSA) is 97.0 Å². The Balaban J connectivity index is 2.07. The van der Waals surface area contributed by atoms with E-state index in [0.717, 1.165) is 19.6 Å². The molecule has 0 aliphatic rings. The Hall–Kier alpha value is -2.78. The van der Waals surface area contributed by atoms with Crippen LogP contribution in [0.4, 0.5) is 5.69 Å². The van der Waals surface area contributed by atoms with Crippen molar-refractivity contribution >= 4 is 21.6 Å². The number of anilines is 1. The molecule has 2 rings (SSSR count). The average molecular weight is 436 g/mol. The molecule has 0 saturated heterocycles. The summed E-state index contributed by atoms with van der Waals surface area (Å²) in [5.41, 5.74) is 0.788. The van der Waals surface area contributed by atoms with E-state index in [1.165, 1.54) is 26.4 Å². The fraction of sp³-hybridized carbons (Fsp3) is 0.381. The third-order valence-electron chi connectivity index (χ3n) is 4.67. The van der Waals surface area contributed by atoms with Gasteiger partial charge in [0.2, 0.25) is 0 Å². The fourth-order valence-corrected chi connectivity index (χ4v) is 4.11. The Labute approximate surface area is 178 Å². The predicted molar refractivity (Wildman–Crippen MR) is 117 cm³/mol. The molecule has 2 aromatic carbocycles. The molecular weight excluding hydrogens is 406 g/mol. The van der Waals surface area contributed by atoms with E-state index in [-0.39, 0.29) is 16.6 Å². The van der Waals surface area contributed by atoms with Crippen molar-refractivity contribution in [2.45, 2.75) is 18.7 Å². The van der Waals surface area contributed by atoms with E-state index >= 15 is 0 Å². The van der Waals surface area contributed by atoms with Gasteiger partial charge in [-0.2, -0.15) is 0 Å². The second kappa shape index (κ2) is 10.8. The summed E-state index contributed by atoms with van der Waals surface area (Å²) < 4.78 is 38.4. The lowest BCUT2D eigenvalue weighted by Crippen LogP contribution is -2.34. The summed E-state index contributed by atoms with van der Waals surface area (Å²) in [5.74, 6) is 0.395. The van der Waals surface area contributed by atoms with E-state index in [1.54, 1.807) is 30.3 Å². The minimum absolute atomic E-state index is 0.0393. The van der Waals surface area contributed by atoms with Gasteiger partial charge in [-0.25, -0.2) is 8.42 Å². The van der Waals surface area contributed by atoms with Crippen LogP contribution >= 0.6 is 0 Å². The average Bonchev–Trinajstić information content (AvgIpc) is 2.76. The summed E-state index contributed by atoms with van der Waals surface area (Å²) in [5, 5.41) is 2.87. The Morgan fingerprint density at radius 1 is 1.00 bits per heavy atom. The molecule has 0 heterocycles. The zero-order valence-corrected chi connectivity index (χ0v) is 18.6. The number of nitrogens with zero attached hydrogens (tertiary/aromatic N) is 1. The number of sulfonamides is 1. The van der Waals surface area contributed by atoms with E-state index < -0.39 is 10.0 Å². The third kappa shape index (κ3) is 6.11. The van der Waals surface area contributed by atoms with E-state index in [0.29, 0.717) is 23.5 Å². The number of ether oxygens (including phenoxy) is 2. The van der Waals surface area contributed by atoms with Gasteiger partial charge in [0.1, 0.15) is 16.4 Å². The van der Waals surface area contributed by atoms with Crippen LogP contribution in [0.5, 0.6) is 11.5 Å². The molecule has 8 nitrogen and oxygen atoms in total. The number of carbonyl (C=O) groups is 1. The van der Waals surface area contributed by atoms with Crippen LogP contribution in [0.1, 0.15) is 24.2 Å². The number of carbonyl (C=O) groups excluding carboxylic acids is 1. The number of hydrogen-bond donors (Lipinski definition) is 2. The zero-order valence-electron chi connectivity index (χ0n) is 17.8. The highest BCUT2D eigenvalue weighted by Gasteiger charge is 2.21. The van der Waals surface area contributed by atoms with Crippen LogP contribution in [0.25, 0.3) is 0 Å². The van der Waals surface area contributed by atoms with Crippen LogP contribution < -0.4 is 19.5 Å². The van der Waals surface area contributed by atoms with Crippen LogP contribution in [-0.4, -0.2) is 59.6 Å². The zero-order chi connectivity index (χ0) is 22.1. The van der Waals surface area contributed by atoms with Gasteiger partial charge in [0.05, 0.1) is 14.2 Å². The van der Waals surface area contributed by atoms with Crippen LogP contribution in [0.2, 0.25) is 0 Å². The van der Waals surface area contributed by atoms with Gasteiger partial charge in [-0.1, -0.05) is 13.8 Å². The lowest BCUT2D eigenvalue weighted by atomic mass is 10.2. The number of nitrogens with one attached hydrogen (secondary N) is 2. The quantitative estimate of drug-likeness (QED) is 0.563. The van der Waals surface area contributed by atoms with Crippen LogP contribution in [0, 0.1) is 0 Å². The van der Waals surface area contributed by atoms with Gasteiger partial charge in [-0.15, -0.1) is 0 Å². The van der Waals surface area contributed by atoms with Crippen molar-refractivity contribution in [3.05, 3.63) is 48.0 Å². The first-order chi connectivity index (χ1) is 14.3. The number of methoxy groups -OCH3 is 2. The van der Waals surface area contributed by atoms with Crippen molar-refractivity contribution in [2.24, 2.45) is 0 Å². The Morgan fingerprint density at radius 2 is 1.67 bits per heavy atom. The maximum Gasteiger partial charge on any atom is 0.265 e. The smallest absolute Gasteiger partial charge is 0.265 e.